The maximum atomic E-state index is 5.20. The molecule has 3 aliphatic rings. The van der Waals surface area contributed by atoms with Gasteiger partial charge < -0.3 is 10.2 Å². The largest absolute Gasteiger partial charge is 0.356 e. The Morgan fingerprint density at radius 2 is 1.63 bits per heavy atom. The van der Waals surface area contributed by atoms with Crippen molar-refractivity contribution in [3.8, 4) is 11.3 Å². The van der Waals surface area contributed by atoms with Crippen LogP contribution in [0.15, 0.2) is 36.5 Å². The molecule has 0 saturated carbocycles. The minimum atomic E-state index is 0.464. The van der Waals surface area contributed by atoms with Crippen molar-refractivity contribution in [2.45, 2.75) is 89.6 Å². The molecule has 38 heavy (non-hydrogen) atoms. The number of hydrogen-bond donors (Lipinski definition) is 2. The van der Waals surface area contributed by atoms with Crippen LogP contribution in [0.3, 0.4) is 0 Å². The summed E-state index contributed by atoms with van der Waals surface area (Å²) in [6, 6.07) is 11.0. The highest BCUT2D eigenvalue weighted by atomic mass is 15.2. The molecule has 2 aromatic heterocycles. The lowest BCUT2D eigenvalue weighted by Gasteiger charge is -2.36. The third-order valence-corrected chi connectivity index (χ3v) is 8.72. The number of aromatic nitrogens is 4. The van der Waals surface area contributed by atoms with Crippen molar-refractivity contribution in [1.29, 1.82) is 0 Å². The number of benzene rings is 1. The summed E-state index contributed by atoms with van der Waals surface area (Å²) in [6.45, 7) is 5.19. The molecule has 1 atom stereocenters. The standard InChI is InChI=1S/C31H43N7/c1-2-11-19-37(18-10-1)30-27-16-7-4-8-17-28(27)34-31(35-30)32-22-26-15-9-12-20-38(26)23-25-21-33-36-29(25)24-13-5-3-6-14-24/h3,5-6,13-14,21,26H,1-2,4,7-12,15-20,22-23H2,(H,33,36)(H,32,34,35). The van der Waals surface area contributed by atoms with Gasteiger partial charge in [-0.15, -0.1) is 0 Å². The number of likely N-dealkylation sites (tertiary alicyclic amines) is 1. The molecule has 1 unspecified atom stereocenters. The van der Waals surface area contributed by atoms with Gasteiger partial charge in [-0.3, -0.25) is 10.00 Å². The normalized spacial score (nSPS) is 20.9. The highest BCUT2D eigenvalue weighted by Gasteiger charge is 2.26. The average Bonchev–Trinajstić information content (AvgIpc) is 3.12. The number of H-pyrrole nitrogens is 1. The molecule has 1 aromatic carbocycles. The van der Waals surface area contributed by atoms with E-state index in [0.717, 1.165) is 57.2 Å². The smallest absolute Gasteiger partial charge is 0.224 e. The number of hydrogen-bond acceptors (Lipinski definition) is 6. The van der Waals surface area contributed by atoms with Crippen LogP contribution < -0.4 is 10.2 Å². The van der Waals surface area contributed by atoms with Gasteiger partial charge in [0.05, 0.1) is 17.6 Å². The molecular weight excluding hydrogens is 470 g/mol. The van der Waals surface area contributed by atoms with E-state index >= 15 is 0 Å². The second-order valence-electron chi connectivity index (χ2n) is 11.4. The van der Waals surface area contributed by atoms with Gasteiger partial charge in [-0.25, -0.2) is 4.98 Å². The van der Waals surface area contributed by atoms with Crippen molar-refractivity contribution in [1.82, 2.24) is 25.1 Å². The van der Waals surface area contributed by atoms with Gasteiger partial charge in [-0.05, 0) is 63.5 Å². The third-order valence-electron chi connectivity index (χ3n) is 8.72. The summed E-state index contributed by atoms with van der Waals surface area (Å²) in [4.78, 5) is 15.5. The third kappa shape index (κ3) is 5.88. The molecular formula is C31H43N7. The van der Waals surface area contributed by atoms with Gasteiger partial charge in [-0.2, -0.15) is 10.1 Å². The minimum absolute atomic E-state index is 0.464. The van der Waals surface area contributed by atoms with E-state index in [9.17, 15) is 0 Å². The number of aromatic amines is 1. The molecule has 202 valence electrons. The van der Waals surface area contributed by atoms with Gasteiger partial charge in [0.25, 0.3) is 0 Å². The lowest BCUT2D eigenvalue weighted by molar-refractivity contribution is 0.148. The average molecular weight is 514 g/mol. The van der Waals surface area contributed by atoms with Crippen molar-refractivity contribution in [2.75, 3.05) is 36.4 Å². The predicted octanol–water partition coefficient (Wildman–Crippen LogP) is 5.98. The maximum Gasteiger partial charge on any atom is 0.224 e. The first-order valence-corrected chi connectivity index (χ1v) is 15.1. The topological polar surface area (TPSA) is 73.0 Å². The Bertz CT molecular complexity index is 1170. The van der Waals surface area contributed by atoms with Crippen molar-refractivity contribution in [3.05, 3.63) is 53.3 Å². The zero-order chi connectivity index (χ0) is 25.6. The Kier molecular flexibility index (Phi) is 8.20. The maximum absolute atomic E-state index is 5.20. The Labute approximate surface area is 227 Å². The molecule has 0 bridgehead atoms. The summed E-state index contributed by atoms with van der Waals surface area (Å²) >= 11 is 0. The number of aryl methyl sites for hydroxylation is 1. The number of nitrogens with zero attached hydrogens (tertiary/aromatic N) is 5. The molecule has 2 saturated heterocycles. The van der Waals surface area contributed by atoms with Crippen LogP contribution in [-0.2, 0) is 19.4 Å². The number of rotatable bonds is 7. The van der Waals surface area contributed by atoms with E-state index in [-0.39, 0.29) is 0 Å². The van der Waals surface area contributed by atoms with E-state index in [1.54, 1.807) is 0 Å². The van der Waals surface area contributed by atoms with Gasteiger partial charge in [-0.1, -0.05) is 56.0 Å². The quantitative estimate of drug-likeness (QED) is 0.379. The first-order chi connectivity index (χ1) is 18.8. The van der Waals surface area contributed by atoms with Crippen molar-refractivity contribution in [3.63, 3.8) is 0 Å². The van der Waals surface area contributed by atoms with Crippen LogP contribution in [0.1, 0.15) is 81.0 Å². The molecule has 2 fully saturated rings. The second kappa shape index (κ2) is 12.3. The molecule has 0 amide bonds. The molecule has 3 aromatic rings. The number of anilines is 2. The Morgan fingerprint density at radius 3 is 2.50 bits per heavy atom. The van der Waals surface area contributed by atoms with Crippen LogP contribution in [-0.4, -0.2) is 57.3 Å². The van der Waals surface area contributed by atoms with Crippen LogP contribution in [0, 0.1) is 0 Å². The number of fused-ring (bicyclic) bond motifs is 1. The van der Waals surface area contributed by atoms with Crippen LogP contribution in [0.25, 0.3) is 11.3 Å². The monoisotopic (exact) mass is 513 g/mol. The highest BCUT2D eigenvalue weighted by molar-refractivity contribution is 5.62. The van der Waals surface area contributed by atoms with Gasteiger partial charge in [0.1, 0.15) is 5.82 Å². The zero-order valence-electron chi connectivity index (χ0n) is 22.8. The van der Waals surface area contributed by atoms with E-state index in [1.807, 2.05) is 6.20 Å². The highest BCUT2D eigenvalue weighted by Crippen LogP contribution is 2.31. The van der Waals surface area contributed by atoms with E-state index < -0.39 is 0 Å². The second-order valence-corrected chi connectivity index (χ2v) is 11.4. The van der Waals surface area contributed by atoms with Gasteiger partial charge in [0.15, 0.2) is 0 Å². The SMILES string of the molecule is c1ccc(-c2[nH]ncc2CN2CCCCC2CNc2nc3c(c(N4CCCCCC4)n2)CCCCC3)cc1. The van der Waals surface area contributed by atoms with E-state index in [4.69, 9.17) is 9.97 Å². The van der Waals surface area contributed by atoms with Crippen LogP contribution >= 0.6 is 0 Å². The molecule has 2 N–H and O–H groups in total. The van der Waals surface area contributed by atoms with Crippen molar-refractivity contribution < 1.29 is 0 Å². The molecule has 1 aliphatic carbocycles. The van der Waals surface area contributed by atoms with E-state index in [2.05, 4.69) is 55.6 Å². The first-order valence-electron chi connectivity index (χ1n) is 15.1. The molecule has 0 radical (unpaired) electrons. The fourth-order valence-electron chi connectivity index (χ4n) is 6.59. The molecule has 7 nitrogen and oxygen atoms in total. The zero-order valence-corrected chi connectivity index (χ0v) is 22.8. The lowest BCUT2D eigenvalue weighted by atomic mass is 10.0. The summed E-state index contributed by atoms with van der Waals surface area (Å²) in [5.41, 5.74) is 6.34. The van der Waals surface area contributed by atoms with E-state index in [1.165, 1.54) is 92.4 Å². The summed E-state index contributed by atoms with van der Waals surface area (Å²) in [5, 5.41) is 11.4. The van der Waals surface area contributed by atoms with Gasteiger partial charge in [0.2, 0.25) is 5.95 Å². The summed E-state index contributed by atoms with van der Waals surface area (Å²) < 4.78 is 0. The lowest BCUT2D eigenvalue weighted by Crippen LogP contribution is -2.43. The Hall–Kier alpha value is -2.93. The van der Waals surface area contributed by atoms with Crippen molar-refractivity contribution in [2.24, 2.45) is 0 Å². The number of nitrogens with one attached hydrogen (secondary N) is 2. The van der Waals surface area contributed by atoms with E-state index in [0.29, 0.717) is 6.04 Å². The van der Waals surface area contributed by atoms with Crippen LogP contribution in [0.5, 0.6) is 0 Å². The summed E-state index contributed by atoms with van der Waals surface area (Å²) in [7, 11) is 0. The van der Waals surface area contributed by atoms with Crippen LogP contribution in [0.2, 0.25) is 0 Å². The molecule has 7 heteroatoms. The van der Waals surface area contributed by atoms with Gasteiger partial charge in [0, 0.05) is 43.3 Å². The van der Waals surface area contributed by atoms with Crippen LogP contribution in [0.4, 0.5) is 11.8 Å². The minimum Gasteiger partial charge on any atom is -0.356 e. The molecule has 4 heterocycles. The first kappa shape index (κ1) is 25.4. The molecule has 0 spiro atoms. The molecule has 2 aliphatic heterocycles. The Morgan fingerprint density at radius 1 is 0.842 bits per heavy atom. The van der Waals surface area contributed by atoms with Gasteiger partial charge >= 0.3 is 0 Å². The predicted molar refractivity (Wildman–Crippen MR) is 155 cm³/mol. The molecule has 6 rings (SSSR count). The van der Waals surface area contributed by atoms with Crippen molar-refractivity contribution >= 4 is 11.8 Å². The fraction of sp³-hybridized carbons (Fsp3) is 0.581. The summed E-state index contributed by atoms with van der Waals surface area (Å²) in [6.07, 6.45) is 17.0. The fourth-order valence-corrected chi connectivity index (χ4v) is 6.59. The Balaban J connectivity index is 1.19. The summed E-state index contributed by atoms with van der Waals surface area (Å²) in [5.74, 6) is 2.07. The number of piperidine rings is 1.